The van der Waals surface area contributed by atoms with Gasteiger partial charge in [0.25, 0.3) is 5.69 Å². The number of nitro groups is 1. The molecule has 0 bridgehead atoms. The number of halogens is 1. The molecule has 116 valence electrons. The van der Waals surface area contributed by atoms with E-state index >= 15 is 0 Å². The molecule has 23 heavy (non-hydrogen) atoms. The maximum atomic E-state index is 10.8. The van der Waals surface area contributed by atoms with Crippen LogP contribution in [-0.2, 0) is 6.42 Å². The van der Waals surface area contributed by atoms with Crippen molar-refractivity contribution in [3.05, 3.63) is 69.6 Å². The smallest absolute Gasteiger partial charge is 0.258 e. The molecule has 0 unspecified atom stereocenters. The standard InChI is InChI=1S/C16H13ClN4O2/c1-2-11-10-15(14-4-3-9-18-16(14)17)19-20(11)12-5-7-13(8-6-12)21(22)23/h3-10H,2H2,1H3. The fraction of sp³-hybridized carbons (Fsp3) is 0.125. The average Bonchev–Trinajstić information content (AvgIpc) is 2.99. The number of hydrogen-bond donors (Lipinski definition) is 0. The van der Waals surface area contributed by atoms with Crippen molar-refractivity contribution in [3.63, 3.8) is 0 Å². The van der Waals surface area contributed by atoms with Crippen LogP contribution in [0.3, 0.4) is 0 Å². The molecule has 6 nitrogen and oxygen atoms in total. The second-order valence-corrected chi connectivity index (χ2v) is 5.26. The van der Waals surface area contributed by atoms with Gasteiger partial charge in [-0.05, 0) is 36.8 Å². The molecule has 0 fully saturated rings. The molecular formula is C16H13ClN4O2. The van der Waals surface area contributed by atoms with Crippen molar-refractivity contribution in [3.8, 4) is 16.9 Å². The van der Waals surface area contributed by atoms with E-state index in [2.05, 4.69) is 10.1 Å². The summed E-state index contributed by atoms with van der Waals surface area (Å²) in [6, 6.07) is 11.9. The Labute approximate surface area is 137 Å². The average molecular weight is 329 g/mol. The molecule has 7 heteroatoms. The molecule has 0 spiro atoms. The highest BCUT2D eigenvalue weighted by Gasteiger charge is 2.13. The van der Waals surface area contributed by atoms with Gasteiger partial charge in [-0.15, -0.1) is 0 Å². The van der Waals surface area contributed by atoms with Crippen LogP contribution >= 0.6 is 11.6 Å². The summed E-state index contributed by atoms with van der Waals surface area (Å²) in [5.41, 5.74) is 3.27. The largest absolute Gasteiger partial charge is 0.269 e. The second-order valence-electron chi connectivity index (χ2n) is 4.90. The van der Waals surface area contributed by atoms with Crippen LogP contribution in [0.15, 0.2) is 48.7 Å². The maximum absolute atomic E-state index is 10.8. The Kier molecular flexibility index (Phi) is 4.08. The number of aryl methyl sites for hydroxylation is 1. The summed E-state index contributed by atoms with van der Waals surface area (Å²) in [5, 5.41) is 15.7. The quantitative estimate of drug-likeness (QED) is 0.411. The van der Waals surface area contributed by atoms with Crippen LogP contribution in [0.5, 0.6) is 0 Å². The molecule has 0 saturated carbocycles. The molecule has 0 aliphatic rings. The van der Waals surface area contributed by atoms with Crippen molar-refractivity contribution in [2.45, 2.75) is 13.3 Å². The molecule has 2 heterocycles. The number of nitrogens with zero attached hydrogens (tertiary/aromatic N) is 4. The summed E-state index contributed by atoms with van der Waals surface area (Å²) >= 11 is 6.13. The first-order chi connectivity index (χ1) is 11.1. The topological polar surface area (TPSA) is 73.8 Å². The number of hydrogen-bond acceptors (Lipinski definition) is 4. The molecule has 2 aromatic heterocycles. The van der Waals surface area contributed by atoms with Gasteiger partial charge < -0.3 is 0 Å². The number of aromatic nitrogens is 3. The van der Waals surface area contributed by atoms with Crippen LogP contribution in [0, 0.1) is 10.1 Å². The summed E-state index contributed by atoms with van der Waals surface area (Å²) in [7, 11) is 0. The third kappa shape index (κ3) is 2.93. The molecule has 1 aromatic carbocycles. The minimum absolute atomic E-state index is 0.0504. The zero-order valence-electron chi connectivity index (χ0n) is 12.3. The van der Waals surface area contributed by atoms with Crippen LogP contribution in [0.25, 0.3) is 16.9 Å². The zero-order chi connectivity index (χ0) is 16.4. The summed E-state index contributed by atoms with van der Waals surface area (Å²) < 4.78 is 1.77. The maximum Gasteiger partial charge on any atom is 0.269 e. The number of pyridine rings is 1. The van der Waals surface area contributed by atoms with E-state index in [1.54, 1.807) is 29.1 Å². The molecule has 0 atom stereocenters. The zero-order valence-corrected chi connectivity index (χ0v) is 13.1. The van der Waals surface area contributed by atoms with E-state index in [-0.39, 0.29) is 5.69 Å². The predicted octanol–water partition coefficient (Wildman–Crippen LogP) is 4.06. The highest BCUT2D eigenvalue weighted by atomic mass is 35.5. The Morgan fingerprint density at radius 1 is 1.26 bits per heavy atom. The molecule has 0 amide bonds. The third-order valence-corrected chi connectivity index (χ3v) is 3.79. The van der Waals surface area contributed by atoms with Crippen LogP contribution < -0.4 is 0 Å². The third-order valence-electron chi connectivity index (χ3n) is 3.49. The van der Waals surface area contributed by atoms with E-state index in [0.717, 1.165) is 29.1 Å². The van der Waals surface area contributed by atoms with Gasteiger partial charge in [0.15, 0.2) is 0 Å². The monoisotopic (exact) mass is 328 g/mol. The first kappa shape index (κ1) is 15.2. The lowest BCUT2D eigenvalue weighted by atomic mass is 10.2. The lowest BCUT2D eigenvalue weighted by Crippen LogP contribution is -2.01. The van der Waals surface area contributed by atoms with Gasteiger partial charge in [-0.25, -0.2) is 9.67 Å². The second kappa shape index (κ2) is 6.18. The van der Waals surface area contributed by atoms with E-state index in [1.807, 2.05) is 19.1 Å². The first-order valence-corrected chi connectivity index (χ1v) is 7.42. The van der Waals surface area contributed by atoms with Crippen molar-refractivity contribution in [1.82, 2.24) is 14.8 Å². The fourth-order valence-electron chi connectivity index (χ4n) is 2.32. The minimum Gasteiger partial charge on any atom is -0.258 e. The summed E-state index contributed by atoms with van der Waals surface area (Å²) in [6.45, 7) is 2.02. The van der Waals surface area contributed by atoms with E-state index in [1.165, 1.54) is 12.1 Å². The Morgan fingerprint density at radius 3 is 2.61 bits per heavy atom. The highest BCUT2D eigenvalue weighted by molar-refractivity contribution is 6.32. The SMILES string of the molecule is CCc1cc(-c2cccnc2Cl)nn1-c1ccc([N+](=O)[O-])cc1. The fourth-order valence-corrected chi connectivity index (χ4v) is 2.54. The normalized spacial score (nSPS) is 10.7. The molecule has 3 rings (SSSR count). The van der Waals surface area contributed by atoms with Crippen LogP contribution in [0.4, 0.5) is 5.69 Å². The number of rotatable bonds is 4. The first-order valence-electron chi connectivity index (χ1n) is 7.05. The Balaban J connectivity index is 2.06. The van der Waals surface area contributed by atoms with E-state index in [4.69, 9.17) is 11.6 Å². The summed E-state index contributed by atoms with van der Waals surface area (Å²) in [5.74, 6) is 0. The van der Waals surface area contributed by atoms with Crippen molar-refractivity contribution in [2.24, 2.45) is 0 Å². The van der Waals surface area contributed by atoms with Gasteiger partial charge in [-0.2, -0.15) is 5.10 Å². The Hall–Kier alpha value is -2.73. The molecule has 0 aliphatic carbocycles. The van der Waals surface area contributed by atoms with Crippen LogP contribution in [0.1, 0.15) is 12.6 Å². The van der Waals surface area contributed by atoms with E-state index in [0.29, 0.717) is 5.15 Å². The van der Waals surface area contributed by atoms with Gasteiger partial charge in [-0.1, -0.05) is 18.5 Å². The van der Waals surface area contributed by atoms with Gasteiger partial charge in [0, 0.05) is 29.6 Å². The highest BCUT2D eigenvalue weighted by Crippen LogP contribution is 2.27. The lowest BCUT2D eigenvalue weighted by molar-refractivity contribution is -0.384. The molecular weight excluding hydrogens is 316 g/mol. The molecule has 3 aromatic rings. The molecule has 0 saturated heterocycles. The molecule has 0 N–H and O–H groups in total. The van der Waals surface area contributed by atoms with Gasteiger partial charge in [0.2, 0.25) is 0 Å². The number of benzene rings is 1. The Morgan fingerprint density at radius 2 is 2.00 bits per heavy atom. The molecule has 0 aliphatic heterocycles. The van der Waals surface area contributed by atoms with E-state index < -0.39 is 4.92 Å². The van der Waals surface area contributed by atoms with Crippen molar-refractivity contribution in [2.75, 3.05) is 0 Å². The van der Waals surface area contributed by atoms with Gasteiger partial charge in [0.1, 0.15) is 5.15 Å². The molecule has 0 radical (unpaired) electrons. The summed E-state index contributed by atoms with van der Waals surface area (Å²) in [4.78, 5) is 14.4. The lowest BCUT2D eigenvalue weighted by Gasteiger charge is -2.05. The summed E-state index contributed by atoms with van der Waals surface area (Å²) in [6.07, 6.45) is 2.39. The van der Waals surface area contributed by atoms with Crippen molar-refractivity contribution >= 4 is 17.3 Å². The predicted molar refractivity (Wildman–Crippen MR) is 87.8 cm³/mol. The van der Waals surface area contributed by atoms with Gasteiger partial charge >= 0.3 is 0 Å². The van der Waals surface area contributed by atoms with Gasteiger partial charge in [0.05, 0.1) is 16.3 Å². The van der Waals surface area contributed by atoms with Crippen molar-refractivity contribution < 1.29 is 4.92 Å². The van der Waals surface area contributed by atoms with E-state index in [9.17, 15) is 10.1 Å². The number of nitro benzene ring substituents is 1. The number of non-ortho nitro benzene ring substituents is 1. The van der Waals surface area contributed by atoms with Crippen molar-refractivity contribution in [1.29, 1.82) is 0 Å². The van der Waals surface area contributed by atoms with Crippen LogP contribution in [0.2, 0.25) is 5.15 Å². The Bertz CT molecular complexity index is 859. The van der Waals surface area contributed by atoms with Crippen LogP contribution in [-0.4, -0.2) is 19.7 Å². The minimum atomic E-state index is -0.422. The van der Waals surface area contributed by atoms with Gasteiger partial charge in [-0.3, -0.25) is 10.1 Å².